The molecule has 1 aliphatic heterocycles. The number of amides is 2. The number of hydrogen-bond acceptors (Lipinski definition) is 2. The Hall–Kier alpha value is -1.84. The quantitative estimate of drug-likeness (QED) is 0.889. The molecule has 4 heteroatoms. The van der Waals surface area contributed by atoms with E-state index in [0.29, 0.717) is 12.8 Å². The minimum Gasteiger partial charge on any atom is -0.353 e. The van der Waals surface area contributed by atoms with E-state index in [4.69, 9.17) is 0 Å². The van der Waals surface area contributed by atoms with Gasteiger partial charge >= 0.3 is 0 Å². The molecule has 2 rings (SSSR count). The van der Waals surface area contributed by atoms with E-state index in [9.17, 15) is 9.59 Å². The van der Waals surface area contributed by atoms with E-state index in [0.717, 1.165) is 32.4 Å². The molecule has 25 heavy (non-hydrogen) atoms. The molecule has 4 nitrogen and oxygen atoms in total. The molecule has 0 aliphatic carbocycles. The van der Waals surface area contributed by atoms with E-state index in [1.807, 2.05) is 17.0 Å². The lowest BCUT2D eigenvalue weighted by Gasteiger charge is -2.33. The molecule has 0 bridgehead atoms. The standard InChI is InChI=1S/C21H32N2O2/c1-16-7-5-6-8-17(16)9-10-20(25)23-13-11-18(12-14-23)22-19(24)15-21(2,3)4/h5-8,18H,9-15H2,1-4H3,(H,22,24). The van der Waals surface area contributed by atoms with Crippen LogP contribution in [0.25, 0.3) is 0 Å². The van der Waals surface area contributed by atoms with Crippen molar-refractivity contribution in [1.82, 2.24) is 10.2 Å². The number of carbonyl (C=O) groups excluding carboxylic acids is 2. The van der Waals surface area contributed by atoms with E-state index in [-0.39, 0.29) is 23.3 Å². The van der Waals surface area contributed by atoms with Crippen molar-refractivity contribution in [2.24, 2.45) is 5.41 Å². The van der Waals surface area contributed by atoms with Gasteiger partial charge in [-0.25, -0.2) is 0 Å². The maximum atomic E-state index is 12.4. The summed E-state index contributed by atoms with van der Waals surface area (Å²) in [5.41, 5.74) is 2.51. The van der Waals surface area contributed by atoms with Gasteiger partial charge in [0, 0.05) is 32.0 Å². The van der Waals surface area contributed by atoms with Crippen molar-refractivity contribution < 1.29 is 9.59 Å². The molecule has 1 fully saturated rings. The van der Waals surface area contributed by atoms with Gasteiger partial charge in [0.05, 0.1) is 0 Å². The van der Waals surface area contributed by atoms with Crippen molar-refractivity contribution in [3.63, 3.8) is 0 Å². The third kappa shape index (κ3) is 6.52. The average Bonchev–Trinajstić information content (AvgIpc) is 2.52. The van der Waals surface area contributed by atoms with Crippen LogP contribution in [0.2, 0.25) is 0 Å². The van der Waals surface area contributed by atoms with Gasteiger partial charge in [0.25, 0.3) is 0 Å². The second-order valence-corrected chi connectivity index (χ2v) is 8.39. The highest BCUT2D eigenvalue weighted by Gasteiger charge is 2.25. The van der Waals surface area contributed by atoms with Gasteiger partial charge in [0.2, 0.25) is 11.8 Å². The van der Waals surface area contributed by atoms with Gasteiger partial charge in [-0.3, -0.25) is 9.59 Å². The zero-order valence-corrected chi connectivity index (χ0v) is 16.1. The van der Waals surface area contributed by atoms with Gasteiger partial charge < -0.3 is 10.2 Å². The van der Waals surface area contributed by atoms with Gasteiger partial charge in [-0.1, -0.05) is 45.0 Å². The maximum Gasteiger partial charge on any atom is 0.222 e. The molecular weight excluding hydrogens is 312 g/mol. The van der Waals surface area contributed by atoms with Gasteiger partial charge in [-0.15, -0.1) is 0 Å². The zero-order valence-electron chi connectivity index (χ0n) is 16.1. The molecule has 1 aromatic carbocycles. The van der Waals surface area contributed by atoms with Crippen molar-refractivity contribution in [2.75, 3.05) is 13.1 Å². The van der Waals surface area contributed by atoms with Crippen LogP contribution >= 0.6 is 0 Å². The number of benzene rings is 1. The van der Waals surface area contributed by atoms with Crippen LogP contribution in [0.3, 0.4) is 0 Å². The van der Waals surface area contributed by atoms with Crippen LogP contribution in [0.15, 0.2) is 24.3 Å². The van der Waals surface area contributed by atoms with Crippen LogP contribution in [0.1, 0.15) is 57.6 Å². The normalized spacial score (nSPS) is 15.9. The van der Waals surface area contributed by atoms with E-state index in [1.54, 1.807) is 0 Å². The fourth-order valence-electron chi connectivity index (χ4n) is 3.32. The first-order chi connectivity index (χ1) is 11.7. The summed E-state index contributed by atoms with van der Waals surface area (Å²) in [7, 11) is 0. The number of aryl methyl sites for hydroxylation is 2. The van der Waals surface area contributed by atoms with Crippen LogP contribution < -0.4 is 5.32 Å². The number of nitrogens with zero attached hydrogens (tertiary/aromatic N) is 1. The number of piperidine rings is 1. The predicted molar refractivity (Wildman–Crippen MR) is 101 cm³/mol. The summed E-state index contributed by atoms with van der Waals surface area (Å²) >= 11 is 0. The summed E-state index contributed by atoms with van der Waals surface area (Å²) in [6.07, 6.45) is 3.61. The average molecular weight is 344 g/mol. The molecule has 0 aromatic heterocycles. The summed E-state index contributed by atoms with van der Waals surface area (Å²) in [6.45, 7) is 9.79. The summed E-state index contributed by atoms with van der Waals surface area (Å²) < 4.78 is 0. The minimum atomic E-state index is 0.0102. The van der Waals surface area contributed by atoms with Crippen molar-refractivity contribution in [2.45, 2.75) is 65.8 Å². The number of hydrogen-bond donors (Lipinski definition) is 1. The fraction of sp³-hybridized carbons (Fsp3) is 0.619. The Morgan fingerprint density at radius 3 is 2.40 bits per heavy atom. The number of nitrogens with one attached hydrogen (secondary N) is 1. The highest BCUT2D eigenvalue weighted by Crippen LogP contribution is 2.19. The highest BCUT2D eigenvalue weighted by atomic mass is 16.2. The van der Waals surface area contributed by atoms with Gasteiger partial charge in [-0.05, 0) is 42.7 Å². The lowest BCUT2D eigenvalue weighted by atomic mass is 9.91. The zero-order chi connectivity index (χ0) is 18.4. The third-order valence-corrected chi connectivity index (χ3v) is 4.77. The molecule has 2 amide bonds. The van der Waals surface area contributed by atoms with E-state index < -0.39 is 0 Å². The van der Waals surface area contributed by atoms with Crippen LogP contribution in [0.5, 0.6) is 0 Å². The van der Waals surface area contributed by atoms with Crippen LogP contribution in [0.4, 0.5) is 0 Å². The Labute approximate surface area is 152 Å². The Morgan fingerprint density at radius 2 is 1.80 bits per heavy atom. The lowest BCUT2D eigenvalue weighted by Crippen LogP contribution is -2.47. The Balaban J connectivity index is 1.73. The van der Waals surface area contributed by atoms with Crippen molar-refractivity contribution in [1.29, 1.82) is 0 Å². The summed E-state index contributed by atoms with van der Waals surface area (Å²) in [5.74, 6) is 0.347. The Bertz CT molecular complexity index is 596. The molecule has 0 atom stereocenters. The monoisotopic (exact) mass is 344 g/mol. The van der Waals surface area contributed by atoms with Crippen molar-refractivity contribution >= 4 is 11.8 Å². The van der Waals surface area contributed by atoms with E-state index >= 15 is 0 Å². The summed E-state index contributed by atoms with van der Waals surface area (Å²) in [6, 6.07) is 8.44. The van der Waals surface area contributed by atoms with Crippen LogP contribution in [-0.4, -0.2) is 35.8 Å². The lowest BCUT2D eigenvalue weighted by molar-refractivity contribution is -0.132. The van der Waals surface area contributed by atoms with Crippen LogP contribution in [0, 0.1) is 12.3 Å². The van der Waals surface area contributed by atoms with Crippen LogP contribution in [-0.2, 0) is 16.0 Å². The molecule has 0 spiro atoms. The first-order valence-corrected chi connectivity index (χ1v) is 9.36. The first-order valence-electron chi connectivity index (χ1n) is 9.36. The molecule has 1 aliphatic rings. The third-order valence-electron chi connectivity index (χ3n) is 4.77. The van der Waals surface area contributed by atoms with Gasteiger partial charge in [0.15, 0.2) is 0 Å². The smallest absolute Gasteiger partial charge is 0.222 e. The predicted octanol–water partition coefficient (Wildman–Crippen LogP) is 3.47. The highest BCUT2D eigenvalue weighted by molar-refractivity contribution is 5.77. The number of likely N-dealkylation sites (tertiary alicyclic amines) is 1. The Morgan fingerprint density at radius 1 is 1.16 bits per heavy atom. The van der Waals surface area contributed by atoms with E-state index in [2.05, 4.69) is 45.1 Å². The minimum absolute atomic E-state index is 0.0102. The number of rotatable bonds is 5. The molecule has 1 saturated heterocycles. The molecule has 0 unspecified atom stereocenters. The maximum absolute atomic E-state index is 12.4. The molecule has 1 aromatic rings. The molecule has 1 N–H and O–H groups in total. The first kappa shape index (κ1) is 19.5. The molecule has 138 valence electrons. The fourth-order valence-corrected chi connectivity index (χ4v) is 3.32. The summed E-state index contributed by atoms with van der Waals surface area (Å²) in [4.78, 5) is 26.4. The summed E-state index contributed by atoms with van der Waals surface area (Å²) in [5, 5.41) is 3.12. The van der Waals surface area contributed by atoms with Crippen molar-refractivity contribution in [3.05, 3.63) is 35.4 Å². The topological polar surface area (TPSA) is 49.4 Å². The molecule has 1 heterocycles. The SMILES string of the molecule is Cc1ccccc1CCC(=O)N1CCC(NC(=O)CC(C)(C)C)CC1. The molecule has 0 radical (unpaired) electrons. The molecule has 0 saturated carbocycles. The Kier molecular flexibility index (Phi) is 6.63. The molecular formula is C21H32N2O2. The van der Waals surface area contributed by atoms with E-state index in [1.165, 1.54) is 11.1 Å². The van der Waals surface area contributed by atoms with Crippen molar-refractivity contribution in [3.8, 4) is 0 Å². The number of carbonyl (C=O) groups is 2. The second kappa shape index (κ2) is 8.50. The second-order valence-electron chi connectivity index (χ2n) is 8.39. The van der Waals surface area contributed by atoms with Gasteiger partial charge in [0.1, 0.15) is 0 Å². The van der Waals surface area contributed by atoms with Gasteiger partial charge in [-0.2, -0.15) is 0 Å². The largest absolute Gasteiger partial charge is 0.353 e.